The minimum Gasteiger partial charge on any atom is -0.480 e. The maximum atomic E-state index is 13.2. The molecule has 1 aromatic rings. The molecule has 33 heavy (non-hydrogen) atoms. The van der Waals surface area contributed by atoms with E-state index in [0.717, 1.165) is 0 Å². The summed E-state index contributed by atoms with van der Waals surface area (Å²) in [5, 5.41) is 14.6. The van der Waals surface area contributed by atoms with E-state index in [4.69, 9.17) is 17.2 Å². The van der Waals surface area contributed by atoms with Crippen LogP contribution in [0.2, 0.25) is 0 Å². The van der Waals surface area contributed by atoms with Gasteiger partial charge in [-0.1, -0.05) is 0 Å². The van der Waals surface area contributed by atoms with Crippen molar-refractivity contribution in [1.29, 1.82) is 0 Å². The molecule has 3 atom stereocenters. The first-order chi connectivity index (χ1) is 15.7. The van der Waals surface area contributed by atoms with E-state index in [1.165, 1.54) is 17.4 Å². The number of aliphatic imine (C=N–C) groups is 1. The van der Waals surface area contributed by atoms with Gasteiger partial charge in [-0.15, -0.1) is 0 Å². The fourth-order valence-corrected chi connectivity index (χ4v) is 3.60. The molecule has 182 valence electrons. The second-order valence-corrected chi connectivity index (χ2v) is 7.64. The summed E-state index contributed by atoms with van der Waals surface area (Å²) in [6, 6.07) is -3.00. The number of hydrogen-bond donors (Lipinski definition) is 7. The monoisotopic (exact) mass is 465 g/mol. The lowest BCUT2D eigenvalue weighted by Gasteiger charge is -2.28. The molecular weight excluding hydrogens is 434 g/mol. The minimum absolute atomic E-state index is 0.0684. The fraction of sp³-hybridized carbons (Fsp3) is 0.579. The summed E-state index contributed by atoms with van der Waals surface area (Å²) in [7, 11) is 0. The number of H-pyrrole nitrogens is 1. The molecule has 3 unspecified atom stereocenters. The zero-order valence-corrected chi connectivity index (χ0v) is 18.2. The molecule has 0 aromatic carbocycles. The molecule has 14 nitrogen and oxygen atoms in total. The second-order valence-electron chi connectivity index (χ2n) is 7.64. The van der Waals surface area contributed by atoms with Gasteiger partial charge in [0.15, 0.2) is 5.96 Å². The standard InChI is InChI=1S/C19H31N9O5/c20-8-15(29)26-12(3-1-5-24-19(21)22)16(30)27-13(7-11-9-23-10-25-11)17(31)28-6-2-4-14(28)18(32)33/h9-10,12-14H,1-8,20H2,(H,23,25)(H,26,29)(H,27,30)(H,32,33)(H4,21,22,24). The van der Waals surface area contributed by atoms with E-state index in [2.05, 4.69) is 25.6 Å². The molecule has 1 fully saturated rings. The smallest absolute Gasteiger partial charge is 0.326 e. The SMILES string of the molecule is NCC(=O)NC(CCCN=C(N)N)C(=O)NC(Cc1cnc[nH]1)C(=O)N1CCCC1C(=O)O. The first-order valence-electron chi connectivity index (χ1n) is 10.6. The molecule has 10 N–H and O–H groups in total. The zero-order chi connectivity index (χ0) is 24.4. The number of carbonyl (C=O) groups is 4. The molecule has 14 heteroatoms. The van der Waals surface area contributed by atoms with Crippen LogP contribution in [-0.2, 0) is 25.6 Å². The maximum Gasteiger partial charge on any atom is 0.326 e. The number of carboxylic acids is 1. The highest BCUT2D eigenvalue weighted by Crippen LogP contribution is 2.19. The number of guanidine groups is 1. The van der Waals surface area contributed by atoms with E-state index < -0.39 is 41.8 Å². The van der Waals surface area contributed by atoms with Crippen molar-refractivity contribution in [3.8, 4) is 0 Å². The van der Waals surface area contributed by atoms with Crippen LogP contribution < -0.4 is 27.8 Å². The Morgan fingerprint density at radius 3 is 2.64 bits per heavy atom. The third-order valence-electron chi connectivity index (χ3n) is 5.20. The van der Waals surface area contributed by atoms with Crippen LogP contribution in [0, 0.1) is 0 Å². The number of amides is 3. The largest absolute Gasteiger partial charge is 0.480 e. The van der Waals surface area contributed by atoms with Gasteiger partial charge in [0.2, 0.25) is 17.7 Å². The quantitative estimate of drug-likeness (QED) is 0.0945. The highest BCUT2D eigenvalue weighted by atomic mass is 16.4. The lowest BCUT2D eigenvalue weighted by molar-refractivity contribution is -0.149. The van der Waals surface area contributed by atoms with Crippen LogP contribution in [-0.4, -0.2) is 87.4 Å². The van der Waals surface area contributed by atoms with Crippen LogP contribution in [0.1, 0.15) is 31.4 Å². The summed E-state index contributed by atoms with van der Waals surface area (Å²) in [6.45, 7) is 0.203. The van der Waals surface area contributed by atoms with Crippen molar-refractivity contribution in [2.75, 3.05) is 19.6 Å². The number of aliphatic carboxylic acids is 1. The highest BCUT2D eigenvalue weighted by molar-refractivity contribution is 5.94. The summed E-state index contributed by atoms with van der Waals surface area (Å²) in [5.74, 6) is -2.86. The van der Waals surface area contributed by atoms with Crippen molar-refractivity contribution in [1.82, 2.24) is 25.5 Å². The molecule has 2 heterocycles. The van der Waals surface area contributed by atoms with Gasteiger partial charge < -0.3 is 42.8 Å². The lowest BCUT2D eigenvalue weighted by atomic mass is 10.1. The van der Waals surface area contributed by atoms with Crippen LogP contribution >= 0.6 is 0 Å². The van der Waals surface area contributed by atoms with E-state index in [1.807, 2.05) is 0 Å². The number of hydrogen-bond acceptors (Lipinski definition) is 7. The molecule has 0 bridgehead atoms. The number of carboxylic acid groups (broad SMARTS) is 1. The summed E-state index contributed by atoms with van der Waals surface area (Å²) in [5.41, 5.74) is 16.5. The van der Waals surface area contributed by atoms with E-state index in [1.54, 1.807) is 0 Å². The second kappa shape index (κ2) is 12.4. The number of imidazole rings is 1. The third kappa shape index (κ3) is 7.75. The molecule has 0 aliphatic carbocycles. The lowest BCUT2D eigenvalue weighted by Crippen LogP contribution is -2.57. The molecule has 1 aliphatic rings. The molecule has 0 spiro atoms. The van der Waals surface area contributed by atoms with Crippen LogP contribution in [0.15, 0.2) is 17.5 Å². The van der Waals surface area contributed by atoms with E-state index in [9.17, 15) is 24.3 Å². The van der Waals surface area contributed by atoms with Crippen molar-refractivity contribution in [2.45, 2.75) is 50.2 Å². The van der Waals surface area contributed by atoms with E-state index >= 15 is 0 Å². The summed E-state index contributed by atoms with van der Waals surface area (Å²) in [4.78, 5) is 61.5. The van der Waals surface area contributed by atoms with Gasteiger partial charge in [0, 0.05) is 31.4 Å². The fourth-order valence-electron chi connectivity index (χ4n) is 3.60. The Bertz CT molecular complexity index is 854. The van der Waals surface area contributed by atoms with Gasteiger partial charge in [-0.25, -0.2) is 9.78 Å². The molecule has 0 saturated carbocycles. The highest BCUT2D eigenvalue weighted by Gasteiger charge is 2.38. The Labute approximate surface area is 190 Å². The number of carbonyl (C=O) groups excluding carboxylic acids is 3. The van der Waals surface area contributed by atoms with Crippen LogP contribution in [0.3, 0.4) is 0 Å². The van der Waals surface area contributed by atoms with Gasteiger partial charge in [-0.3, -0.25) is 19.4 Å². The van der Waals surface area contributed by atoms with Gasteiger partial charge in [0.25, 0.3) is 0 Å². The number of aromatic nitrogens is 2. The van der Waals surface area contributed by atoms with Crippen molar-refractivity contribution in [2.24, 2.45) is 22.2 Å². The van der Waals surface area contributed by atoms with Crippen molar-refractivity contribution in [3.63, 3.8) is 0 Å². The van der Waals surface area contributed by atoms with Gasteiger partial charge >= 0.3 is 5.97 Å². The summed E-state index contributed by atoms with van der Waals surface area (Å²) < 4.78 is 0. The Kier molecular flexibility index (Phi) is 9.60. The van der Waals surface area contributed by atoms with Crippen molar-refractivity contribution in [3.05, 3.63) is 18.2 Å². The Morgan fingerprint density at radius 1 is 1.27 bits per heavy atom. The average Bonchev–Trinajstić information content (AvgIpc) is 3.46. The third-order valence-corrected chi connectivity index (χ3v) is 5.20. The molecular formula is C19H31N9O5. The Hall–Kier alpha value is -3.68. The molecule has 1 aliphatic heterocycles. The van der Waals surface area contributed by atoms with Crippen molar-refractivity contribution >= 4 is 29.7 Å². The molecule has 3 amide bonds. The van der Waals surface area contributed by atoms with Crippen molar-refractivity contribution < 1.29 is 24.3 Å². The van der Waals surface area contributed by atoms with Gasteiger partial charge in [-0.05, 0) is 25.7 Å². The van der Waals surface area contributed by atoms with Crippen LogP contribution in [0.5, 0.6) is 0 Å². The average molecular weight is 466 g/mol. The normalized spacial score (nSPS) is 17.1. The first-order valence-corrected chi connectivity index (χ1v) is 10.6. The molecule has 1 saturated heterocycles. The minimum atomic E-state index is -1.10. The number of nitrogens with two attached hydrogens (primary N) is 3. The number of nitrogens with one attached hydrogen (secondary N) is 3. The predicted molar refractivity (Wildman–Crippen MR) is 117 cm³/mol. The first kappa shape index (κ1) is 25.6. The summed E-state index contributed by atoms with van der Waals surface area (Å²) >= 11 is 0. The number of rotatable bonds is 12. The summed E-state index contributed by atoms with van der Waals surface area (Å²) in [6.07, 6.45) is 4.47. The maximum absolute atomic E-state index is 13.2. The van der Waals surface area contributed by atoms with Gasteiger partial charge in [0.05, 0.1) is 12.9 Å². The Balaban J connectivity index is 2.17. The zero-order valence-electron chi connectivity index (χ0n) is 18.2. The molecule has 0 radical (unpaired) electrons. The van der Waals surface area contributed by atoms with Gasteiger partial charge in [0.1, 0.15) is 18.1 Å². The van der Waals surface area contributed by atoms with Crippen LogP contribution in [0.25, 0.3) is 0 Å². The topological polar surface area (TPSA) is 235 Å². The number of nitrogens with zero attached hydrogens (tertiary/aromatic N) is 3. The van der Waals surface area contributed by atoms with Crippen LogP contribution in [0.4, 0.5) is 0 Å². The number of aromatic amines is 1. The molecule has 1 aromatic heterocycles. The predicted octanol–water partition coefficient (Wildman–Crippen LogP) is -2.99. The van der Waals surface area contributed by atoms with E-state index in [-0.39, 0.29) is 38.4 Å². The van der Waals surface area contributed by atoms with Gasteiger partial charge in [-0.2, -0.15) is 0 Å². The van der Waals surface area contributed by atoms with E-state index in [0.29, 0.717) is 25.0 Å². The number of likely N-dealkylation sites (tertiary alicyclic amines) is 1. The molecule has 2 rings (SSSR count). The Morgan fingerprint density at radius 2 is 2.03 bits per heavy atom.